The SMILES string of the molecule is c1ccc(-c2c(N3c4ccccc4B4c5c(cccc53)-c3ccccc3N4c3ccccc3)ccc3oc4ccccc4c23)cc1. The molecule has 0 unspecified atom stereocenters. The Bertz CT molecular complexity index is 2450. The molecule has 3 nitrogen and oxygen atoms in total. The number of nitrogens with zero attached hydrogens (tertiary/aromatic N) is 2. The molecule has 0 amide bonds. The molecule has 0 N–H and O–H groups in total. The lowest BCUT2D eigenvalue weighted by atomic mass is 9.43. The van der Waals surface area contributed by atoms with E-state index in [1.165, 1.54) is 50.4 Å². The lowest BCUT2D eigenvalue weighted by molar-refractivity contribution is 0.669. The van der Waals surface area contributed by atoms with Gasteiger partial charge in [-0.25, -0.2) is 0 Å². The zero-order valence-corrected chi connectivity index (χ0v) is 25.0. The van der Waals surface area contributed by atoms with Gasteiger partial charge in [-0.05, 0) is 70.6 Å². The smallest absolute Gasteiger partial charge is 0.333 e. The van der Waals surface area contributed by atoms with E-state index >= 15 is 0 Å². The molecule has 0 fully saturated rings. The summed E-state index contributed by atoms with van der Waals surface area (Å²) < 4.78 is 6.44. The van der Waals surface area contributed by atoms with Crippen LogP contribution in [0.15, 0.2) is 168 Å². The Hall–Kier alpha value is -6.00. The monoisotopic (exact) mass is 586 g/mol. The molecule has 214 valence electrons. The minimum absolute atomic E-state index is 0.00890. The van der Waals surface area contributed by atoms with Gasteiger partial charge in [0.15, 0.2) is 0 Å². The molecule has 0 saturated heterocycles. The topological polar surface area (TPSA) is 19.6 Å². The third-order valence-corrected chi connectivity index (χ3v) is 9.64. The standard InChI is InChI=1S/C42H27BN2O/c1-3-14-28(15-4-1)40-36(26-27-39-41(40)32-19-8-12-25-38(32)46-39)44-35-23-11-9-21-33(35)43-42-31(20-13-24-37(42)44)30-18-7-10-22-34(30)45(43)29-16-5-2-6-17-29/h1-27H. The molecule has 1 aromatic heterocycles. The van der Waals surface area contributed by atoms with E-state index in [0.29, 0.717) is 0 Å². The van der Waals surface area contributed by atoms with Gasteiger partial charge in [-0.15, -0.1) is 0 Å². The number of anilines is 5. The summed E-state index contributed by atoms with van der Waals surface area (Å²) in [5, 5.41) is 2.26. The molecule has 7 aromatic carbocycles. The Labute approximate surface area is 267 Å². The molecule has 0 bridgehead atoms. The lowest BCUT2D eigenvalue weighted by Crippen LogP contribution is -2.61. The Balaban J connectivity index is 1.33. The van der Waals surface area contributed by atoms with Crippen molar-refractivity contribution in [2.75, 3.05) is 9.71 Å². The normalized spacial score (nSPS) is 13.1. The Morgan fingerprint density at radius 2 is 1.13 bits per heavy atom. The van der Waals surface area contributed by atoms with Crippen molar-refractivity contribution in [2.24, 2.45) is 0 Å². The second-order valence-corrected chi connectivity index (χ2v) is 12.1. The van der Waals surface area contributed by atoms with Crippen molar-refractivity contribution in [3.8, 4) is 22.3 Å². The van der Waals surface area contributed by atoms with Crippen molar-refractivity contribution in [3.05, 3.63) is 164 Å². The second kappa shape index (κ2) is 9.75. The molecule has 4 heteroatoms. The number of furan rings is 1. The van der Waals surface area contributed by atoms with Crippen LogP contribution in [0.25, 0.3) is 44.2 Å². The Morgan fingerprint density at radius 3 is 2.00 bits per heavy atom. The maximum Gasteiger partial charge on any atom is 0.333 e. The number of para-hydroxylation sites is 4. The second-order valence-electron chi connectivity index (χ2n) is 12.1. The summed E-state index contributed by atoms with van der Waals surface area (Å²) >= 11 is 0. The molecule has 8 aromatic rings. The average Bonchev–Trinajstić information content (AvgIpc) is 3.51. The fourth-order valence-corrected chi connectivity index (χ4v) is 7.82. The summed E-state index contributed by atoms with van der Waals surface area (Å²) in [5.41, 5.74) is 15.2. The van der Waals surface area contributed by atoms with E-state index in [1.54, 1.807) is 0 Å². The maximum absolute atomic E-state index is 6.44. The first-order valence-corrected chi connectivity index (χ1v) is 15.8. The van der Waals surface area contributed by atoms with E-state index in [-0.39, 0.29) is 6.85 Å². The van der Waals surface area contributed by atoms with Crippen LogP contribution in [0.2, 0.25) is 0 Å². The number of benzene rings is 7. The summed E-state index contributed by atoms with van der Waals surface area (Å²) in [6.45, 7) is 0.00890. The van der Waals surface area contributed by atoms with Crippen LogP contribution in [0.5, 0.6) is 0 Å². The first kappa shape index (κ1) is 25.3. The summed E-state index contributed by atoms with van der Waals surface area (Å²) in [5.74, 6) is 0. The van der Waals surface area contributed by atoms with Gasteiger partial charge < -0.3 is 14.1 Å². The van der Waals surface area contributed by atoms with Gasteiger partial charge in [-0.3, -0.25) is 0 Å². The number of hydrogen-bond acceptors (Lipinski definition) is 3. The van der Waals surface area contributed by atoms with Gasteiger partial charge in [-0.2, -0.15) is 0 Å². The van der Waals surface area contributed by atoms with Gasteiger partial charge in [0.2, 0.25) is 0 Å². The predicted octanol–water partition coefficient (Wildman–Crippen LogP) is 9.96. The minimum atomic E-state index is 0.00890. The molecular weight excluding hydrogens is 559 g/mol. The van der Waals surface area contributed by atoms with E-state index in [1.807, 2.05) is 6.07 Å². The van der Waals surface area contributed by atoms with Crippen molar-refractivity contribution in [2.45, 2.75) is 0 Å². The molecule has 0 radical (unpaired) electrons. The van der Waals surface area contributed by atoms with Crippen LogP contribution in [0.1, 0.15) is 0 Å². The van der Waals surface area contributed by atoms with E-state index in [0.717, 1.165) is 33.2 Å². The Kier molecular flexibility index (Phi) is 5.37. The summed E-state index contributed by atoms with van der Waals surface area (Å²) in [4.78, 5) is 5.02. The molecule has 3 heterocycles. The minimum Gasteiger partial charge on any atom is -0.456 e. The predicted molar refractivity (Wildman–Crippen MR) is 193 cm³/mol. The summed E-state index contributed by atoms with van der Waals surface area (Å²) in [7, 11) is 0. The van der Waals surface area contributed by atoms with Crippen molar-refractivity contribution in [1.29, 1.82) is 0 Å². The highest BCUT2D eigenvalue weighted by molar-refractivity contribution is 6.93. The molecule has 0 spiro atoms. The fraction of sp³-hybridized carbons (Fsp3) is 0. The highest BCUT2D eigenvalue weighted by atomic mass is 16.3. The average molecular weight is 587 g/mol. The van der Waals surface area contributed by atoms with E-state index in [4.69, 9.17) is 4.42 Å². The molecule has 2 aliphatic heterocycles. The first-order valence-electron chi connectivity index (χ1n) is 15.8. The van der Waals surface area contributed by atoms with E-state index < -0.39 is 0 Å². The summed E-state index contributed by atoms with van der Waals surface area (Å²) in [6, 6.07) is 58.9. The van der Waals surface area contributed by atoms with Crippen molar-refractivity contribution in [3.63, 3.8) is 0 Å². The van der Waals surface area contributed by atoms with Crippen molar-refractivity contribution < 1.29 is 4.42 Å². The van der Waals surface area contributed by atoms with E-state index in [2.05, 4.69) is 167 Å². The van der Waals surface area contributed by atoms with Crippen LogP contribution < -0.4 is 20.6 Å². The molecule has 0 aliphatic carbocycles. The van der Waals surface area contributed by atoms with Crippen molar-refractivity contribution >= 4 is 68.1 Å². The summed E-state index contributed by atoms with van der Waals surface area (Å²) in [6.07, 6.45) is 0. The van der Waals surface area contributed by atoms with Gasteiger partial charge in [0, 0.05) is 44.6 Å². The van der Waals surface area contributed by atoms with Crippen molar-refractivity contribution in [1.82, 2.24) is 0 Å². The lowest BCUT2D eigenvalue weighted by Gasteiger charge is -2.45. The molecule has 0 saturated carbocycles. The van der Waals surface area contributed by atoms with Gasteiger partial charge >= 0.3 is 6.85 Å². The highest BCUT2D eigenvalue weighted by Gasteiger charge is 2.44. The van der Waals surface area contributed by atoms with E-state index in [9.17, 15) is 0 Å². The third kappa shape index (κ3) is 3.50. The van der Waals surface area contributed by atoms with Crippen LogP contribution in [0.4, 0.5) is 28.4 Å². The zero-order valence-electron chi connectivity index (χ0n) is 25.0. The zero-order chi connectivity index (χ0) is 30.2. The number of rotatable bonds is 3. The molecular formula is C42H27BN2O. The van der Waals surface area contributed by atoms with Gasteiger partial charge in [0.25, 0.3) is 0 Å². The first-order chi connectivity index (χ1) is 22.9. The van der Waals surface area contributed by atoms with Gasteiger partial charge in [0.05, 0.1) is 5.69 Å². The molecule has 2 aliphatic rings. The van der Waals surface area contributed by atoms with Crippen LogP contribution in [0, 0.1) is 0 Å². The van der Waals surface area contributed by atoms with Crippen LogP contribution >= 0.6 is 0 Å². The number of hydrogen-bond donors (Lipinski definition) is 0. The van der Waals surface area contributed by atoms with Gasteiger partial charge in [0.1, 0.15) is 11.2 Å². The maximum atomic E-state index is 6.44. The van der Waals surface area contributed by atoms with Gasteiger partial charge in [-0.1, -0.05) is 115 Å². The number of fused-ring (bicyclic) bond motifs is 7. The molecule has 0 atom stereocenters. The Morgan fingerprint density at radius 1 is 0.457 bits per heavy atom. The quantitative estimate of drug-likeness (QED) is 0.192. The largest absolute Gasteiger partial charge is 0.456 e. The van der Waals surface area contributed by atoms with Crippen LogP contribution in [-0.2, 0) is 0 Å². The van der Waals surface area contributed by atoms with Crippen LogP contribution in [-0.4, -0.2) is 6.85 Å². The fourth-order valence-electron chi connectivity index (χ4n) is 7.82. The molecule has 10 rings (SSSR count). The third-order valence-electron chi connectivity index (χ3n) is 9.64. The highest BCUT2D eigenvalue weighted by Crippen LogP contribution is 2.50. The molecule has 46 heavy (non-hydrogen) atoms. The van der Waals surface area contributed by atoms with Crippen LogP contribution in [0.3, 0.4) is 0 Å².